The predicted octanol–water partition coefficient (Wildman–Crippen LogP) is 4.28. The molecule has 0 unspecified atom stereocenters. The summed E-state index contributed by atoms with van der Waals surface area (Å²) in [6.45, 7) is 11.1. The van der Waals surface area contributed by atoms with Gasteiger partial charge in [0.05, 0.1) is 0 Å². The van der Waals surface area contributed by atoms with Crippen LogP contribution in [0.15, 0.2) is 12.1 Å². The van der Waals surface area contributed by atoms with Crippen molar-refractivity contribution in [3.8, 4) is 0 Å². The first-order chi connectivity index (χ1) is 5.84. The van der Waals surface area contributed by atoms with Crippen LogP contribution in [0, 0.1) is 20.8 Å². The van der Waals surface area contributed by atoms with Gasteiger partial charge in [-0.2, -0.15) is 0 Å². The zero-order chi connectivity index (χ0) is 10.2. The molecular formula is C12H17I. The molecule has 13 heavy (non-hydrogen) atoms. The number of halogens is 1. The lowest BCUT2D eigenvalue weighted by molar-refractivity contribution is 0.814. The molecule has 1 heteroatoms. The molecule has 0 aliphatic rings. The van der Waals surface area contributed by atoms with Crippen molar-refractivity contribution in [3.63, 3.8) is 0 Å². The Kier molecular flexibility index (Phi) is 3.05. The zero-order valence-electron chi connectivity index (χ0n) is 9.03. The summed E-state index contributed by atoms with van der Waals surface area (Å²) < 4.78 is 0.236. The summed E-state index contributed by atoms with van der Waals surface area (Å²) in [5.41, 5.74) is 5.72. The number of aryl methyl sites for hydroxylation is 1. The van der Waals surface area contributed by atoms with Crippen molar-refractivity contribution >= 4 is 22.6 Å². The monoisotopic (exact) mass is 288 g/mol. The van der Waals surface area contributed by atoms with Crippen LogP contribution in [0.1, 0.15) is 36.1 Å². The van der Waals surface area contributed by atoms with Gasteiger partial charge >= 0.3 is 0 Å². The Morgan fingerprint density at radius 2 is 1.54 bits per heavy atom. The lowest BCUT2D eigenvalue weighted by atomic mass is 9.92. The maximum absolute atomic E-state index is 2.50. The van der Waals surface area contributed by atoms with Gasteiger partial charge in [0.1, 0.15) is 0 Å². The molecule has 0 radical (unpaired) electrons. The van der Waals surface area contributed by atoms with Crippen LogP contribution in [0.5, 0.6) is 0 Å². The first-order valence-electron chi connectivity index (χ1n) is 4.60. The van der Waals surface area contributed by atoms with E-state index in [9.17, 15) is 0 Å². The van der Waals surface area contributed by atoms with Crippen molar-refractivity contribution in [2.45, 2.75) is 38.0 Å². The Hall–Kier alpha value is -0.0500. The van der Waals surface area contributed by atoms with Crippen LogP contribution in [-0.4, -0.2) is 0 Å². The van der Waals surface area contributed by atoms with Gasteiger partial charge in [0.15, 0.2) is 0 Å². The minimum absolute atomic E-state index is 0.236. The maximum Gasteiger partial charge on any atom is 0.0416 e. The quantitative estimate of drug-likeness (QED) is 0.534. The Labute approximate surface area is 94.9 Å². The van der Waals surface area contributed by atoms with E-state index < -0.39 is 0 Å². The van der Waals surface area contributed by atoms with Gasteiger partial charge < -0.3 is 0 Å². The molecule has 0 saturated carbocycles. The normalized spacial score (nSPS) is 11.8. The second-order valence-corrected chi connectivity index (χ2v) is 6.85. The van der Waals surface area contributed by atoms with E-state index in [-0.39, 0.29) is 3.42 Å². The van der Waals surface area contributed by atoms with Crippen LogP contribution in [0.25, 0.3) is 0 Å². The second-order valence-electron chi connectivity index (χ2n) is 4.15. The average molecular weight is 288 g/mol. The zero-order valence-corrected chi connectivity index (χ0v) is 11.2. The third-order valence-corrected chi connectivity index (χ3v) is 3.28. The molecule has 0 aliphatic heterocycles. The number of hydrogen-bond acceptors (Lipinski definition) is 0. The van der Waals surface area contributed by atoms with Gasteiger partial charge in [-0.05, 0) is 56.9 Å². The van der Waals surface area contributed by atoms with E-state index in [4.69, 9.17) is 0 Å². The minimum atomic E-state index is 0.236. The topological polar surface area (TPSA) is 0 Å². The summed E-state index contributed by atoms with van der Waals surface area (Å²) in [7, 11) is 0. The van der Waals surface area contributed by atoms with Crippen LogP contribution in [0.3, 0.4) is 0 Å². The average Bonchev–Trinajstić information content (AvgIpc) is 1.98. The molecule has 0 atom stereocenters. The Morgan fingerprint density at radius 1 is 1.00 bits per heavy atom. The Morgan fingerprint density at radius 3 is 2.00 bits per heavy atom. The van der Waals surface area contributed by atoms with Gasteiger partial charge in [-0.1, -0.05) is 34.7 Å². The third kappa shape index (κ3) is 2.25. The van der Waals surface area contributed by atoms with Crippen molar-refractivity contribution in [2.75, 3.05) is 0 Å². The van der Waals surface area contributed by atoms with Gasteiger partial charge in [-0.15, -0.1) is 0 Å². The lowest BCUT2D eigenvalue weighted by Gasteiger charge is -2.21. The van der Waals surface area contributed by atoms with Crippen molar-refractivity contribution in [1.82, 2.24) is 0 Å². The highest BCUT2D eigenvalue weighted by molar-refractivity contribution is 14.1. The second kappa shape index (κ2) is 3.60. The van der Waals surface area contributed by atoms with Crippen LogP contribution in [-0.2, 0) is 3.42 Å². The highest BCUT2D eigenvalue weighted by Gasteiger charge is 2.18. The van der Waals surface area contributed by atoms with E-state index in [0.717, 1.165) is 0 Å². The molecule has 0 heterocycles. The first-order valence-corrected chi connectivity index (χ1v) is 5.68. The smallest absolute Gasteiger partial charge is 0.0416 e. The number of rotatable bonds is 1. The molecule has 0 N–H and O–H groups in total. The summed E-state index contributed by atoms with van der Waals surface area (Å²) in [6, 6.07) is 4.47. The highest BCUT2D eigenvalue weighted by atomic mass is 127. The number of benzene rings is 1. The molecule has 1 aromatic rings. The summed E-state index contributed by atoms with van der Waals surface area (Å²) in [6.07, 6.45) is 0. The van der Waals surface area contributed by atoms with Gasteiger partial charge in [0.2, 0.25) is 0 Å². The maximum atomic E-state index is 2.50. The molecular weight excluding hydrogens is 271 g/mol. The fourth-order valence-corrected chi connectivity index (χ4v) is 2.18. The fourth-order valence-electron chi connectivity index (χ4n) is 1.60. The van der Waals surface area contributed by atoms with E-state index in [1.165, 1.54) is 22.3 Å². The third-order valence-electron chi connectivity index (χ3n) is 2.70. The van der Waals surface area contributed by atoms with E-state index in [2.05, 4.69) is 69.3 Å². The molecule has 72 valence electrons. The molecule has 0 fully saturated rings. The van der Waals surface area contributed by atoms with Gasteiger partial charge in [0, 0.05) is 3.42 Å². The van der Waals surface area contributed by atoms with Gasteiger partial charge in [-0.25, -0.2) is 0 Å². The Balaban J connectivity index is 3.35. The molecule has 0 bridgehead atoms. The van der Waals surface area contributed by atoms with Crippen molar-refractivity contribution < 1.29 is 0 Å². The molecule has 0 aromatic heterocycles. The standard InChI is InChI=1S/C12H17I/c1-8-6-7-11(12(4,5)13)10(3)9(8)2/h6-7H,1-5H3. The van der Waals surface area contributed by atoms with Crippen LogP contribution < -0.4 is 0 Å². The fraction of sp³-hybridized carbons (Fsp3) is 0.500. The Bertz CT molecular complexity index is 319. The first kappa shape index (κ1) is 11.0. The largest absolute Gasteiger partial charge is 0.0743 e. The van der Waals surface area contributed by atoms with Crippen LogP contribution in [0.4, 0.5) is 0 Å². The summed E-state index contributed by atoms with van der Waals surface area (Å²) in [5.74, 6) is 0. The molecule has 0 aliphatic carbocycles. The van der Waals surface area contributed by atoms with E-state index >= 15 is 0 Å². The molecule has 0 saturated heterocycles. The minimum Gasteiger partial charge on any atom is -0.0743 e. The molecule has 0 amide bonds. The summed E-state index contributed by atoms with van der Waals surface area (Å²) in [5, 5.41) is 0. The van der Waals surface area contributed by atoms with E-state index in [0.29, 0.717) is 0 Å². The number of hydrogen-bond donors (Lipinski definition) is 0. The van der Waals surface area contributed by atoms with Gasteiger partial charge in [0.25, 0.3) is 0 Å². The SMILES string of the molecule is Cc1ccc(C(C)(C)I)c(C)c1C. The summed E-state index contributed by atoms with van der Waals surface area (Å²) in [4.78, 5) is 0. The molecule has 0 nitrogen and oxygen atoms in total. The van der Waals surface area contributed by atoms with Crippen molar-refractivity contribution in [3.05, 3.63) is 34.4 Å². The van der Waals surface area contributed by atoms with E-state index in [1.807, 2.05) is 0 Å². The van der Waals surface area contributed by atoms with Gasteiger partial charge in [-0.3, -0.25) is 0 Å². The van der Waals surface area contributed by atoms with Crippen molar-refractivity contribution in [2.24, 2.45) is 0 Å². The van der Waals surface area contributed by atoms with Crippen LogP contribution >= 0.6 is 22.6 Å². The van der Waals surface area contributed by atoms with E-state index in [1.54, 1.807) is 0 Å². The molecule has 1 aromatic carbocycles. The molecule has 1 rings (SSSR count). The lowest BCUT2D eigenvalue weighted by Crippen LogP contribution is -2.10. The van der Waals surface area contributed by atoms with Crippen molar-refractivity contribution in [1.29, 1.82) is 0 Å². The summed E-state index contributed by atoms with van der Waals surface area (Å²) >= 11 is 2.50. The highest BCUT2D eigenvalue weighted by Crippen LogP contribution is 2.34. The number of alkyl halides is 1. The van der Waals surface area contributed by atoms with Crippen LogP contribution in [0.2, 0.25) is 0 Å². The molecule has 0 spiro atoms. The predicted molar refractivity (Wildman–Crippen MR) is 67.7 cm³/mol.